The summed E-state index contributed by atoms with van der Waals surface area (Å²) in [5, 5.41) is 13.2. The largest absolute Gasteiger partial charge is 0.418 e. The fraction of sp³-hybridized carbons (Fsp3) is 0.700. The highest BCUT2D eigenvalue weighted by molar-refractivity contribution is 5.27. The topological polar surface area (TPSA) is 38.0 Å². The molecule has 0 aliphatic rings. The van der Waals surface area contributed by atoms with Crippen molar-refractivity contribution < 1.29 is 18.3 Å². The monoisotopic (exact) mass is 236 g/mol. The van der Waals surface area contributed by atoms with Gasteiger partial charge in [0.15, 0.2) is 6.10 Å². The molecule has 0 fully saturated rings. The minimum Gasteiger partial charge on any atom is -0.379 e. The molecule has 0 amide bonds. The molecule has 3 nitrogen and oxygen atoms in total. The first kappa shape index (κ1) is 13.0. The predicted molar refractivity (Wildman–Crippen MR) is 52.9 cm³/mol. The van der Waals surface area contributed by atoms with E-state index in [9.17, 15) is 18.3 Å². The van der Waals surface area contributed by atoms with Crippen LogP contribution >= 0.6 is 0 Å². The van der Waals surface area contributed by atoms with E-state index >= 15 is 0 Å². The molecule has 1 aromatic heterocycles. The first-order valence-corrected chi connectivity index (χ1v) is 4.82. The molecule has 1 heterocycles. The second kappa shape index (κ2) is 3.76. The molecule has 0 saturated heterocycles. The number of alkyl halides is 3. The lowest BCUT2D eigenvalue weighted by Crippen LogP contribution is -2.24. The smallest absolute Gasteiger partial charge is 0.379 e. The van der Waals surface area contributed by atoms with Gasteiger partial charge in [-0.3, -0.25) is 4.68 Å². The Hall–Kier alpha value is -1.04. The average Bonchev–Trinajstić information content (AvgIpc) is 2.43. The summed E-state index contributed by atoms with van der Waals surface area (Å²) in [7, 11) is 1.53. The van der Waals surface area contributed by atoms with Gasteiger partial charge in [-0.2, -0.15) is 18.3 Å². The van der Waals surface area contributed by atoms with Crippen molar-refractivity contribution in [1.82, 2.24) is 9.78 Å². The SMILES string of the molecule is Cn1cc([C@@H](O)C(F)(F)F)c(C(C)(C)C)n1. The molecule has 0 bridgehead atoms. The molecule has 1 N–H and O–H groups in total. The molecule has 16 heavy (non-hydrogen) atoms. The third kappa shape index (κ3) is 2.55. The summed E-state index contributed by atoms with van der Waals surface area (Å²) in [6.07, 6.45) is -5.93. The summed E-state index contributed by atoms with van der Waals surface area (Å²) >= 11 is 0. The van der Waals surface area contributed by atoms with Gasteiger partial charge in [0.2, 0.25) is 0 Å². The number of aryl methyl sites for hydroxylation is 1. The highest BCUT2D eigenvalue weighted by atomic mass is 19.4. The van der Waals surface area contributed by atoms with Gasteiger partial charge in [-0.05, 0) is 0 Å². The summed E-state index contributed by atoms with van der Waals surface area (Å²) in [5.74, 6) is 0. The third-order valence-corrected chi connectivity index (χ3v) is 2.17. The standard InChI is InChI=1S/C10H15F3N2O/c1-9(2,3)7-6(5-15(4)14-7)8(16)10(11,12)13/h5,8,16H,1-4H3/t8-/m1/s1. The number of hydrogen-bond donors (Lipinski definition) is 1. The van der Waals surface area contributed by atoms with Crippen LogP contribution in [-0.4, -0.2) is 21.1 Å². The van der Waals surface area contributed by atoms with Crippen molar-refractivity contribution in [1.29, 1.82) is 0 Å². The maximum atomic E-state index is 12.4. The molecule has 0 aromatic carbocycles. The average molecular weight is 236 g/mol. The predicted octanol–water partition coefficient (Wildman–Crippen LogP) is 2.31. The summed E-state index contributed by atoms with van der Waals surface area (Å²) in [5.41, 5.74) is -0.453. The molecule has 0 radical (unpaired) electrons. The van der Waals surface area contributed by atoms with E-state index < -0.39 is 17.7 Å². The highest BCUT2D eigenvalue weighted by Gasteiger charge is 2.42. The maximum absolute atomic E-state index is 12.4. The van der Waals surface area contributed by atoms with Gasteiger partial charge in [0.25, 0.3) is 0 Å². The van der Waals surface area contributed by atoms with E-state index in [1.54, 1.807) is 20.8 Å². The van der Waals surface area contributed by atoms with E-state index in [0.717, 1.165) is 0 Å². The van der Waals surface area contributed by atoms with Crippen molar-refractivity contribution in [2.75, 3.05) is 0 Å². The molecule has 0 spiro atoms. The third-order valence-electron chi connectivity index (χ3n) is 2.17. The van der Waals surface area contributed by atoms with Crippen LogP contribution in [0.2, 0.25) is 0 Å². The van der Waals surface area contributed by atoms with Crippen LogP contribution in [0.3, 0.4) is 0 Å². The number of rotatable bonds is 1. The molecule has 1 rings (SSSR count). The molecular formula is C10H15F3N2O. The second-order valence-corrected chi connectivity index (χ2v) is 4.80. The molecule has 1 aromatic rings. The fourth-order valence-electron chi connectivity index (χ4n) is 1.47. The molecule has 0 saturated carbocycles. The molecule has 6 heteroatoms. The number of nitrogens with zero attached hydrogens (tertiary/aromatic N) is 2. The van der Waals surface area contributed by atoms with Crippen LogP contribution in [0.5, 0.6) is 0 Å². The van der Waals surface area contributed by atoms with Gasteiger partial charge in [0, 0.05) is 24.2 Å². The van der Waals surface area contributed by atoms with Crippen molar-refractivity contribution in [3.05, 3.63) is 17.5 Å². The van der Waals surface area contributed by atoms with Crippen molar-refractivity contribution in [2.24, 2.45) is 7.05 Å². The van der Waals surface area contributed by atoms with Gasteiger partial charge in [-0.1, -0.05) is 20.8 Å². The van der Waals surface area contributed by atoms with Gasteiger partial charge < -0.3 is 5.11 Å². The lowest BCUT2D eigenvalue weighted by Gasteiger charge is -2.21. The molecule has 0 aliphatic carbocycles. The van der Waals surface area contributed by atoms with Crippen LogP contribution in [0.25, 0.3) is 0 Å². The van der Waals surface area contributed by atoms with E-state index in [4.69, 9.17) is 0 Å². The second-order valence-electron chi connectivity index (χ2n) is 4.80. The zero-order valence-corrected chi connectivity index (χ0v) is 9.63. The van der Waals surface area contributed by atoms with Gasteiger partial charge in [-0.25, -0.2) is 0 Å². The first-order chi connectivity index (χ1) is 7.03. The molecule has 0 unspecified atom stereocenters. The van der Waals surface area contributed by atoms with Crippen LogP contribution < -0.4 is 0 Å². The van der Waals surface area contributed by atoms with E-state index in [2.05, 4.69) is 5.10 Å². The number of halogens is 3. The van der Waals surface area contributed by atoms with Crippen molar-refractivity contribution in [3.63, 3.8) is 0 Å². The van der Waals surface area contributed by atoms with Crippen LogP contribution in [0, 0.1) is 0 Å². The number of aliphatic hydroxyl groups excluding tert-OH is 1. The number of hydrogen-bond acceptors (Lipinski definition) is 2. The Morgan fingerprint density at radius 3 is 2.19 bits per heavy atom. The Balaban J connectivity index is 3.24. The Bertz CT molecular complexity index is 376. The first-order valence-electron chi connectivity index (χ1n) is 4.82. The maximum Gasteiger partial charge on any atom is 0.418 e. The zero-order valence-electron chi connectivity index (χ0n) is 9.63. The van der Waals surface area contributed by atoms with Gasteiger partial charge in [0.1, 0.15) is 0 Å². The normalized spacial score (nSPS) is 15.2. The van der Waals surface area contributed by atoms with Crippen molar-refractivity contribution in [2.45, 2.75) is 38.5 Å². The molecule has 92 valence electrons. The van der Waals surface area contributed by atoms with Crippen LogP contribution in [0.15, 0.2) is 6.20 Å². The summed E-state index contributed by atoms with van der Waals surface area (Å²) in [6, 6.07) is 0. The summed E-state index contributed by atoms with van der Waals surface area (Å²) in [4.78, 5) is 0. The van der Waals surface area contributed by atoms with Crippen molar-refractivity contribution >= 4 is 0 Å². The summed E-state index contributed by atoms with van der Waals surface area (Å²) < 4.78 is 38.6. The van der Waals surface area contributed by atoms with E-state index in [1.165, 1.54) is 17.9 Å². The Labute approximate surface area is 91.9 Å². The van der Waals surface area contributed by atoms with Crippen LogP contribution in [-0.2, 0) is 12.5 Å². The van der Waals surface area contributed by atoms with Gasteiger partial charge >= 0.3 is 6.18 Å². The Morgan fingerprint density at radius 1 is 1.31 bits per heavy atom. The lowest BCUT2D eigenvalue weighted by molar-refractivity contribution is -0.207. The Morgan fingerprint density at radius 2 is 1.81 bits per heavy atom. The highest BCUT2D eigenvalue weighted by Crippen LogP contribution is 2.37. The molecule has 1 atom stereocenters. The van der Waals surface area contributed by atoms with Crippen molar-refractivity contribution in [3.8, 4) is 0 Å². The summed E-state index contributed by atoms with van der Waals surface area (Å²) in [6.45, 7) is 5.26. The number of aromatic nitrogens is 2. The minimum atomic E-state index is -4.66. The Kier molecular flexibility index (Phi) is 3.06. The van der Waals surface area contributed by atoms with Crippen LogP contribution in [0.1, 0.15) is 38.1 Å². The lowest BCUT2D eigenvalue weighted by atomic mass is 9.88. The molecular weight excluding hydrogens is 221 g/mol. The van der Waals surface area contributed by atoms with E-state index in [1.807, 2.05) is 0 Å². The van der Waals surface area contributed by atoms with E-state index in [0.29, 0.717) is 0 Å². The van der Waals surface area contributed by atoms with E-state index in [-0.39, 0.29) is 11.3 Å². The number of aliphatic hydroxyl groups is 1. The quantitative estimate of drug-likeness (QED) is 0.812. The minimum absolute atomic E-state index is 0.178. The fourth-order valence-corrected chi connectivity index (χ4v) is 1.47. The van der Waals surface area contributed by atoms with Gasteiger partial charge in [0.05, 0.1) is 5.69 Å². The zero-order chi connectivity index (χ0) is 12.7. The molecule has 0 aliphatic heterocycles. The van der Waals surface area contributed by atoms with Gasteiger partial charge in [-0.15, -0.1) is 0 Å². The van der Waals surface area contributed by atoms with Crippen LogP contribution in [0.4, 0.5) is 13.2 Å².